The van der Waals surface area contributed by atoms with Crippen molar-refractivity contribution in [1.29, 1.82) is 0 Å². The summed E-state index contributed by atoms with van der Waals surface area (Å²) in [5, 5.41) is 11.7. The Labute approximate surface area is 157 Å². The summed E-state index contributed by atoms with van der Waals surface area (Å²) in [5.74, 6) is 0. The fraction of sp³-hybridized carbons (Fsp3) is 0.500. The average molecular weight is 387 g/mol. The van der Waals surface area contributed by atoms with Gasteiger partial charge in [0, 0.05) is 15.1 Å². The first-order valence-corrected chi connectivity index (χ1v) is 6.98. The lowest BCUT2D eigenvalue weighted by atomic mass is 10.1. The van der Waals surface area contributed by atoms with Crippen LogP contribution < -0.4 is 5.06 Å². The van der Waals surface area contributed by atoms with Gasteiger partial charge in [-0.05, 0) is 36.6 Å². The van der Waals surface area contributed by atoms with Crippen LogP contribution in [0.1, 0.15) is 24.5 Å². The van der Waals surface area contributed by atoms with E-state index in [0.717, 1.165) is 12.1 Å². The van der Waals surface area contributed by atoms with E-state index in [1.807, 2.05) is 0 Å². The van der Waals surface area contributed by atoms with Crippen LogP contribution in [0.25, 0.3) is 0 Å². The van der Waals surface area contributed by atoms with Gasteiger partial charge in [-0.1, -0.05) is 31.2 Å². The van der Waals surface area contributed by atoms with Crippen LogP contribution in [0.3, 0.4) is 0 Å². The molecule has 1 aliphatic heterocycles. The Kier molecular flexibility index (Phi) is 13.8. The topological polar surface area (TPSA) is 23.5 Å². The monoisotopic (exact) mass is 386 g/mol. The van der Waals surface area contributed by atoms with Crippen molar-refractivity contribution in [3.8, 4) is 0 Å². The molecule has 0 saturated carbocycles. The highest BCUT2D eigenvalue weighted by atomic mass is 32.2. The molecule has 0 amide bonds. The van der Waals surface area contributed by atoms with Gasteiger partial charge < -0.3 is 0 Å². The molecule has 8 heteroatoms. The van der Waals surface area contributed by atoms with Crippen molar-refractivity contribution in [2.45, 2.75) is 43.0 Å². The predicted octanol–water partition coefficient (Wildman–Crippen LogP) is 3.75. The smallest absolute Gasteiger partial charge is 0.106 e. The third kappa shape index (κ3) is 4.72. The van der Waals surface area contributed by atoms with Gasteiger partial charge in [-0.3, -0.25) is 5.21 Å². The number of rotatable bonds is 2. The van der Waals surface area contributed by atoms with Gasteiger partial charge in [0.05, 0.1) is 5.69 Å². The van der Waals surface area contributed by atoms with Crippen LogP contribution in [-0.2, 0) is 0 Å². The van der Waals surface area contributed by atoms with Crippen molar-refractivity contribution >= 4 is 81.7 Å². The molecule has 1 heterocycles. The van der Waals surface area contributed by atoms with Gasteiger partial charge in [0.1, 0.15) is 5.37 Å². The second-order valence-electron chi connectivity index (χ2n) is 4.22. The number of nitrogens with zero attached hydrogens (tertiary/aromatic N) is 1. The molecule has 1 aromatic carbocycles. The summed E-state index contributed by atoms with van der Waals surface area (Å²) in [7, 11) is 3.68. The van der Waals surface area contributed by atoms with E-state index in [-0.39, 0.29) is 59.4 Å². The van der Waals surface area contributed by atoms with E-state index in [4.69, 9.17) is 0 Å². The largest absolute Gasteiger partial charge is 0.287 e. The molecule has 0 aliphatic carbocycles. The van der Waals surface area contributed by atoms with Crippen LogP contribution in [0.5, 0.6) is 0 Å². The quantitative estimate of drug-likeness (QED) is 0.783. The standard InChI is InChI=1S/C12H16NOSSi.4H2S/c1-4-10(16)12-13(14)11-8(3)7(2)5-6-9(11)15-12;;;;/h5-6,10,12,14H,4H2,1-3H3;4*1H2. The molecule has 1 aromatic rings. The number of benzene rings is 1. The minimum atomic E-state index is 0. The van der Waals surface area contributed by atoms with E-state index < -0.39 is 0 Å². The van der Waals surface area contributed by atoms with Crippen LogP contribution >= 0.6 is 65.7 Å². The summed E-state index contributed by atoms with van der Waals surface area (Å²) >= 11 is 1.73. The summed E-state index contributed by atoms with van der Waals surface area (Å²) in [4.78, 5) is 1.17. The van der Waals surface area contributed by atoms with Crippen LogP contribution in [0.15, 0.2) is 17.0 Å². The minimum Gasteiger partial charge on any atom is -0.287 e. The normalized spacial score (nSPS) is 16.9. The van der Waals surface area contributed by atoms with Crippen LogP contribution in [0.4, 0.5) is 5.69 Å². The van der Waals surface area contributed by atoms with Crippen molar-refractivity contribution in [3.63, 3.8) is 0 Å². The molecule has 2 atom stereocenters. The Balaban J connectivity index is -0.000000722. The lowest BCUT2D eigenvalue weighted by Crippen LogP contribution is -2.29. The highest BCUT2D eigenvalue weighted by Crippen LogP contribution is 2.48. The average Bonchev–Trinajstić information content (AvgIpc) is 2.61. The summed E-state index contributed by atoms with van der Waals surface area (Å²) in [6, 6.07) is 4.21. The van der Waals surface area contributed by atoms with Crippen LogP contribution in [0.2, 0.25) is 5.54 Å². The van der Waals surface area contributed by atoms with E-state index in [0.29, 0.717) is 5.54 Å². The molecule has 3 radical (unpaired) electrons. The van der Waals surface area contributed by atoms with Crippen molar-refractivity contribution in [2.24, 2.45) is 0 Å². The van der Waals surface area contributed by atoms with Crippen molar-refractivity contribution in [1.82, 2.24) is 0 Å². The molecule has 1 aliphatic rings. The van der Waals surface area contributed by atoms with Gasteiger partial charge in [-0.25, -0.2) is 5.06 Å². The zero-order chi connectivity index (χ0) is 11.9. The predicted molar refractivity (Wildman–Crippen MR) is 111 cm³/mol. The molecule has 0 fully saturated rings. The van der Waals surface area contributed by atoms with Gasteiger partial charge >= 0.3 is 0 Å². The summed E-state index contributed by atoms with van der Waals surface area (Å²) in [5.41, 5.74) is 3.67. The lowest BCUT2D eigenvalue weighted by Gasteiger charge is -2.25. The van der Waals surface area contributed by atoms with E-state index in [9.17, 15) is 5.21 Å². The first-order valence-electron chi connectivity index (χ1n) is 5.52. The SMILES string of the molecule is CCC([Si])C1Sc2ccc(C)c(C)c2N1O.S.S.S.S. The first kappa shape index (κ1) is 25.9. The third-order valence-corrected chi connectivity index (χ3v) is 5.49. The Morgan fingerprint density at radius 1 is 1.25 bits per heavy atom. The maximum Gasteiger partial charge on any atom is 0.106 e. The number of thioether (sulfide) groups is 1. The minimum absolute atomic E-state index is 0. The summed E-state index contributed by atoms with van der Waals surface area (Å²) in [6.07, 6.45) is 0.998. The fourth-order valence-electron chi connectivity index (χ4n) is 1.92. The van der Waals surface area contributed by atoms with Crippen molar-refractivity contribution < 1.29 is 5.21 Å². The van der Waals surface area contributed by atoms with Gasteiger partial charge in [-0.2, -0.15) is 54.0 Å². The van der Waals surface area contributed by atoms with E-state index in [1.54, 1.807) is 11.8 Å². The number of aryl methyl sites for hydroxylation is 1. The van der Waals surface area contributed by atoms with E-state index in [2.05, 4.69) is 43.1 Å². The highest BCUT2D eigenvalue weighted by Gasteiger charge is 2.33. The Morgan fingerprint density at radius 3 is 2.30 bits per heavy atom. The van der Waals surface area contributed by atoms with Gasteiger partial charge in [-0.15, -0.1) is 0 Å². The summed E-state index contributed by atoms with van der Waals surface area (Å²) in [6.45, 7) is 6.26. The molecule has 0 aromatic heterocycles. The van der Waals surface area contributed by atoms with E-state index >= 15 is 0 Å². The number of hydrogen-bond acceptors (Lipinski definition) is 3. The van der Waals surface area contributed by atoms with Crippen LogP contribution in [0, 0.1) is 13.8 Å². The molecule has 2 rings (SSSR count). The molecule has 20 heavy (non-hydrogen) atoms. The van der Waals surface area contributed by atoms with Crippen molar-refractivity contribution in [2.75, 3.05) is 5.06 Å². The summed E-state index contributed by atoms with van der Waals surface area (Å²) < 4.78 is 0. The third-order valence-electron chi connectivity index (χ3n) is 3.17. The molecule has 117 valence electrons. The molecule has 1 N–H and O–H groups in total. The first-order chi connectivity index (χ1) is 7.56. The number of hydrogen-bond donors (Lipinski definition) is 1. The van der Waals surface area contributed by atoms with Gasteiger partial charge in [0.25, 0.3) is 0 Å². The molecule has 2 unspecified atom stereocenters. The van der Waals surface area contributed by atoms with E-state index in [1.165, 1.54) is 21.1 Å². The number of hydroxylamine groups is 1. The van der Waals surface area contributed by atoms with Gasteiger partial charge in [0.2, 0.25) is 0 Å². The van der Waals surface area contributed by atoms with Gasteiger partial charge in [0.15, 0.2) is 0 Å². The molecule has 0 spiro atoms. The Bertz CT molecular complexity index is 421. The molecule has 0 bridgehead atoms. The second kappa shape index (κ2) is 10.6. The number of anilines is 1. The van der Waals surface area contributed by atoms with Crippen molar-refractivity contribution in [3.05, 3.63) is 23.3 Å². The maximum absolute atomic E-state index is 10.2. The lowest BCUT2D eigenvalue weighted by molar-refractivity contribution is 0.243. The Morgan fingerprint density at radius 2 is 1.80 bits per heavy atom. The Hall–Kier alpha value is 0.947. The number of fused-ring (bicyclic) bond motifs is 1. The molecule has 2 nitrogen and oxygen atoms in total. The molecule has 0 saturated heterocycles. The highest BCUT2D eigenvalue weighted by molar-refractivity contribution is 8.00. The molecular weight excluding hydrogens is 363 g/mol. The second-order valence-corrected chi connectivity index (χ2v) is 6.12. The zero-order valence-corrected chi connectivity index (χ0v) is 17.6. The van der Waals surface area contributed by atoms with Crippen LogP contribution in [-0.4, -0.2) is 20.8 Å². The maximum atomic E-state index is 10.2. The fourth-order valence-corrected chi connectivity index (χ4v) is 3.59. The zero-order valence-electron chi connectivity index (χ0n) is 11.8. The molecular formula is C12H24NOS5Si.